The molecule has 2 rings (SSSR count). The summed E-state index contributed by atoms with van der Waals surface area (Å²) < 4.78 is 37.3. The number of rotatable bonds is 2. The van der Waals surface area contributed by atoms with Crippen LogP contribution in [0.1, 0.15) is 45.4 Å². The van der Waals surface area contributed by atoms with Gasteiger partial charge in [0.05, 0.1) is 6.42 Å². The standard InChI is InChI=1S/C12H18F3NO/c1-8(7-12(13,14)15)16-9-3-2-4-10(16)6-11(17)5-9/h8-10H,2-7H2,1H3. The molecule has 2 aliphatic rings. The van der Waals surface area contributed by atoms with E-state index in [1.165, 1.54) is 0 Å². The van der Waals surface area contributed by atoms with Crippen LogP contribution in [0.2, 0.25) is 0 Å². The molecule has 0 amide bonds. The Morgan fingerprint density at radius 2 is 1.82 bits per heavy atom. The number of Topliss-reactive ketones (excluding diaryl/α,β-unsaturated/α-hetero) is 1. The fourth-order valence-corrected chi connectivity index (χ4v) is 3.37. The smallest absolute Gasteiger partial charge is 0.300 e. The Labute approximate surface area is 99.2 Å². The Bertz CT molecular complexity index is 287. The Kier molecular flexibility index (Phi) is 3.48. The van der Waals surface area contributed by atoms with Crippen LogP contribution < -0.4 is 0 Å². The molecule has 0 N–H and O–H groups in total. The molecule has 2 fully saturated rings. The third kappa shape index (κ3) is 3.00. The zero-order valence-electron chi connectivity index (χ0n) is 9.96. The van der Waals surface area contributed by atoms with E-state index in [0.717, 1.165) is 19.3 Å². The van der Waals surface area contributed by atoms with Crippen LogP contribution in [0.25, 0.3) is 0 Å². The number of fused-ring (bicyclic) bond motifs is 2. The van der Waals surface area contributed by atoms with Crippen LogP contribution >= 0.6 is 0 Å². The van der Waals surface area contributed by atoms with E-state index in [2.05, 4.69) is 0 Å². The van der Waals surface area contributed by atoms with Gasteiger partial charge >= 0.3 is 6.18 Å². The maximum Gasteiger partial charge on any atom is 0.390 e. The molecule has 2 heterocycles. The van der Waals surface area contributed by atoms with Gasteiger partial charge < -0.3 is 0 Å². The number of halogens is 3. The van der Waals surface area contributed by atoms with Gasteiger partial charge in [0.15, 0.2) is 0 Å². The molecular formula is C12H18F3NO. The largest absolute Gasteiger partial charge is 0.390 e. The highest BCUT2D eigenvalue weighted by atomic mass is 19.4. The van der Waals surface area contributed by atoms with E-state index in [4.69, 9.17) is 0 Å². The van der Waals surface area contributed by atoms with Gasteiger partial charge in [-0.3, -0.25) is 9.69 Å². The SMILES string of the molecule is CC(CC(F)(F)F)N1C2CCCC1CC(=O)C2. The summed E-state index contributed by atoms with van der Waals surface area (Å²) in [6.45, 7) is 1.63. The van der Waals surface area contributed by atoms with Crippen molar-refractivity contribution in [3.8, 4) is 0 Å². The number of carbonyl (C=O) groups is 1. The molecule has 2 saturated heterocycles. The van der Waals surface area contributed by atoms with Gasteiger partial charge in [-0.2, -0.15) is 13.2 Å². The van der Waals surface area contributed by atoms with Crippen LogP contribution in [0.3, 0.4) is 0 Å². The molecule has 0 radical (unpaired) electrons. The van der Waals surface area contributed by atoms with Crippen molar-refractivity contribution < 1.29 is 18.0 Å². The summed E-state index contributed by atoms with van der Waals surface area (Å²) in [6, 6.07) is -0.405. The second-order valence-corrected chi connectivity index (χ2v) is 5.30. The molecule has 0 saturated carbocycles. The lowest BCUT2D eigenvalue weighted by molar-refractivity contribution is -0.156. The van der Waals surface area contributed by atoms with Crippen molar-refractivity contribution >= 4 is 5.78 Å². The van der Waals surface area contributed by atoms with E-state index in [-0.39, 0.29) is 17.9 Å². The zero-order chi connectivity index (χ0) is 12.6. The van der Waals surface area contributed by atoms with E-state index in [9.17, 15) is 18.0 Å². The first-order valence-corrected chi connectivity index (χ1v) is 6.22. The first kappa shape index (κ1) is 12.9. The maximum atomic E-state index is 12.4. The van der Waals surface area contributed by atoms with E-state index in [1.807, 2.05) is 4.90 Å². The van der Waals surface area contributed by atoms with Gasteiger partial charge in [-0.15, -0.1) is 0 Å². The minimum Gasteiger partial charge on any atom is -0.300 e. The van der Waals surface area contributed by atoms with Crippen LogP contribution in [0.4, 0.5) is 13.2 Å². The van der Waals surface area contributed by atoms with E-state index < -0.39 is 18.6 Å². The monoisotopic (exact) mass is 249 g/mol. The van der Waals surface area contributed by atoms with Crippen molar-refractivity contribution in [3.63, 3.8) is 0 Å². The number of ketones is 1. The molecule has 98 valence electrons. The van der Waals surface area contributed by atoms with Gasteiger partial charge in [0.1, 0.15) is 5.78 Å². The molecule has 0 aliphatic carbocycles. The van der Waals surface area contributed by atoms with Crippen molar-refractivity contribution in [1.29, 1.82) is 0 Å². The molecule has 3 atom stereocenters. The molecule has 3 unspecified atom stereocenters. The quantitative estimate of drug-likeness (QED) is 0.750. The normalized spacial score (nSPS) is 32.6. The minimum atomic E-state index is -4.12. The second-order valence-electron chi connectivity index (χ2n) is 5.30. The highest BCUT2D eigenvalue weighted by Crippen LogP contribution is 2.36. The number of carbonyl (C=O) groups excluding carboxylic acids is 1. The highest BCUT2D eigenvalue weighted by Gasteiger charge is 2.42. The lowest BCUT2D eigenvalue weighted by atomic mass is 9.82. The van der Waals surface area contributed by atoms with Gasteiger partial charge in [-0.1, -0.05) is 6.42 Å². The van der Waals surface area contributed by atoms with Crippen molar-refractivity contribution in [2.45, 2.75) is 69.8 Å². The number of hydrogen-bond donors (Lipinski definition) is 0. The lowest BCUT2D eigenvalue weighted by Crippen LogP contribution is -2.56. The second kappa shape index (κ2) is 4.59. The number of alkyl halides is 3. The predicted octanol–water partition coefficient (Wildman–Crippen LogP) is 2.91. The minimum absolute atomic E-state index is 0.0485. The molecule has 0 spiro atoms. The Morgan fingerprint density at radius 1 is 1.29 bits per heavy atom. The van der Waals surface area contributed by atoms with Crippen molar-refractivity contribution in [3.05, 3.63) is 0 Å². The van der Waals surface area contributed by atoms with Gasteiger partial charge in [-0.05, 0) is 19.8 Å². The average molecular weight is 249 g/mol. The fourth-order valence-electron chi connectivity index (χ4n) is 3.37. The Morgan fingerprint density at radius 3 is 2.29 bits per heavy atom. The summed E-state index contributed by atoms with van der Waals surface area (Å²) in [7, 11) is 0. The molecule has 2 nitrogen and oxygen atoms in total. The van der Waals surface area contributed by atoms with Gasteiger partial charge in [0.25, 0.3) is 0 Å². The van der Waals surface area contributed by atoms with E-state index in [1.54, 1.807) is 6.92 Å². The average Bonchev–Trinajstić information content (AvgIpc) is 2.12. The van der Waals surface area contributed by atoms with Crippen LogP contribution in [0.15, 0.2) is 0 Å². The molecule has 0 aromatic heterocycles. The number of hydrogen-bond acceptors (Lipinski definition) is 2. The number of nitrogens with zero attached hydrogens (tertiary/aromatic N) is 1. The summed E-state index contributed by atoms with van der Waals surface area (Å²) in [5.41, 5.74) is 0. The third-order valence-corrected chi connectivity index (χ3v) is 3.88. The fraction of sp³-hybridized carbons (Fsp3) is 0.917. The summed E-state index contributed by atoms with van der Waals surface area (Å²) >= 11 is 0. The molecule has 2 aliphatic heterocycles. The first-order chi connectivity index (χ1) is 7.87. The molecule has 17 heavy (non-hydrogen) atoms. The van der Waals surface area contributed by atoms with Crippen LogP contribution in [0, 0.1) is 0 Å². The molecule has 0 aromatic rings. The van der Waals surface area contributed by atoms with E-state index >= 15 is 0 Å². The van der Waals surface area contributed by atoms with Crippen LogP contribution in [-0.4, -0.2) is 35.0 Å². The first-order valence-electron chi connectivity index (χ1n) is 6.22. The Hall–Kier alpha value is -0.580. The van der Waals surface area contributed by atoms with Crippen molar-refractivity contribution in [1.82, 2.24) is 4.90 Å². The summed E-state index contributed by atoms with van der Waals surface area (Å²) in [5.74, 6) is 0.218. The number of piperidine rings is 2. The van der Waals surface area contributed by atoms with Gasteiger partial charge in [0.2, 0.25) is 0 Å². The van der Waals surface area contributed by atoms with Gasteiger partial charge in [-0.25, -0.2) is 0 Å². The molecule has 0 aromatic carbocycles. The highest BCUT2D eigenvalue weighted by molar-refractivity contribution is 5.80. The van der Waals surface area contributed by atoms with E-state index in [0.29, 0.717) is 12.8 Å². The predicted molar refractivity (Wildman–Crippen MR) is 57.6 cm³/mol. The molecule has 2 bridgehead atoms. The summed E-state index contributed by atoms with van der Waals surface area (Å²) in [6.07, 6.45) is -1.23. The Balaban J connectivity index is 2.06. The van der Waals surface area contributed by atoms with Crippen molar-refractivity contribution in [2.75, 3.05) is 0 Å². The van der Waals surface area contributed by atoms with Crippen LogP contribution in [-0.2, 0) is 4.79 Å². The molecule has 5 heteroatoms. The molecular weight excluding hydrogens is 231 g/mol. The topological polar surface area (TPSA) is 20.3 Å². The summed E-state index contributed by atoms with van der Waals surface area (Å²) in [5, 5.41) is 0. The van der Waals surface area contributed by atoms with Crippen LogP contribution in [0.5, 0.6) is 0 Å². The lowest BCUT2D eigenvalue weighted by Gasteiger charge is -2.48. The maximum absolute atomic E-state index is 12.4. The van der Waals surface area contributed by atoms with Crippen molar-refractivity contribution in [2.24, 2.45) is 0 Å². The summed E-state index contributed by atoms with van der Waals surface area (Å²) in [4.78, 5) is 13.4. The third-order valence-electron chi connectivity index (χ3n) is 3.88. The zero-order valence-corrected chi connectivity index (χ0v) is 9.96. The van der Waals surface area contributed by atoms with Gasteiger partial charge in [0, 0.05) is 31.0 Å².